The Morgan fingerprint density at radius 1 is 1.00 bits per heavy atom. The van der Waals surface area contributed by atoms with Crippen LogP contribution in [-0.2, 0) is 5.60 Å². The molecule has 1 heterocycles. The summed E-state index contributed by atoms with van der Waals surface area (Å²) < 4.78 is 41.0. The van der Waals surface area contributed by atoms with Crippen LogP contribution in [0.3, 0.4) is 0 Å². The summed E-state index contributed by atoms with van der Waals surface area (Å²) in [5, 5.41) is 10.6. The fourth-order valence-corrected chi connectivity index (χ4v) is 3.08. The number of likely N-dealkylation sites (N-methyl/N-ethyl adjacent to an activating group) is 1. The number of nitrogens with zero attached hydrogens (tertiary/aromatic N) is 1. The largest absolute Gasteiger partial charge is 0.423 e. The molecule has 0 amide bonds. The van der Waals surface area contributed by atoms with E-state index < -0.39 is 17.8 Å². The van der Waals surface area contributed by atoms with Crippen LogP contribution in [0.25, 0.3) is 0 Å². The molecule has 0 spiro atoms. The van der Waals surface area contributed by atoms with E-state index in [1.54, 1.807) is 49.5 Å². The molecular formula is C16H14F3NO. The minimum Gasteiger partial charge on any atom is -0.374 e. The van der Waals surface area contributed by atoms with E-state index in [2.05, 4.69) is 0 Å². The van der Waals surface area contributed by atoms with Crippen molar-refractivity contribution in [2.75, 3.05) is 11.9 Å². The smallest absolute Gasteiger partial charge is 0.374 e. The van der Waals surface area contributed by atoms with Gasteiger partial charge in [0.15, 0.2) is 0 Å². The molecule has 2 atom stereocenters. The predicted molar refractivity (Wildman–Crippen MR) is 74.0 cm³/mol. The van der Waals surface area contributed by atoms with Gasteiger partial charge in [-0.2, -0.15) is 13.2 Å². The van der Waals surface area contributed by atoms with Crippen LogP contribution in [0.2, 0.25) is 0 Å². The van der Waals surface area contributed by atoms with Crippen molar-refractivity contribution >= 4 is 5.69 Å². The maximum absolute atomic E-state index is 13.7. The Morgan fingerprint density at radius 2 is 1.57 bits per heavy atom. The van der Waals surface area contributed by atoms with Gasteiger partial charge in [0, 0.05) is 18.3 Å². The number of alkyl halides is 3. The number of hydrogen-bond acceptors (Lipinski definition) is 2. The molecule has 0 aliphatic carbocycles. The Labute approximate surface area is 120 Å². The first-order chi connectivity index (χ1) is 9.87. The number of anilines is 1. The second kappa shape index (κ2) is 4.49. The summed E-state index contributed by atoms with van der Waals surface area (Å²) in [6, 6.07) is 13.2. The second-order valence-corrected chi connectivity index (χ2v) is 5.21. The highest BCUT2D eigenvalue weighted by molar-refractivity contribution is 5.64. The first kappa shape index (κ1) is 13.9. The van der Waals surface area contributed by atoms with Gasteiger partial charge in [-0.3, -0.25) is 0 Å². The lowest BCUT2D eigenvalue weighted by Crippen LogP contribution is -2.47. The topological polar surface area (TPSA) is 23.5 Å². The number of aliphatic hydroxyl groups is 1. The third-order valence-corrected chi connectivity index (χ3v) is 4.03. The van der Waals surface area contributed by atoms with E-state index in [0.29, 0.717) is 11.3 Å². The zero-order chi connectivity index (χ0) is 15.3. The van der Waals surface area contributed by atoms with Crippen molar-refractivity contribution in [1.82, 2.24) is 0 Å². The third-order valence-electron chi connectivity index (χ3n) is 4.03. The Morgan fingerprint density at radius 3 is 2.19 bits per heavy atom. The van der Waals surface area contributed by atoms with Crippen LogP contribution in [0.15, 0.2) is 54.6 Å². The summed E-state index contributed by atoms with van der Waals surface area (Å²) in [6.07, 6.45) is -4.77. The summed E-state index contributed by atoms with van der Waals surface area (Å²) >= 11 is 0. The summed E-state index contributed by atoms with van der Waals surface area (Å²) in [7, 11) is 1.57. The van der Waals surface area contributed by atoms with Gasteiger partial charge in [-0.15, -0.1) is 0 Å². The van der Waals surface area contributed by atoms with Crippen molar-refractivity contribution in [1.29, 1.82) is 0 Å². The average molecular weight is 293 g/mol. The van der Waals surface area contributed by atoms with E-state index in [1.807, 2.05) is 0 Å². The number of hydrogen-bond donors (Lipinski definition) is 1. The fourth-order valence-electron chi connectivity index (χ4n) is 3.08. The van der Waals surface area contributed by atoms with Crippen LogP contribution >= 0.6 is 0 Å². The Hall–Kier alpha value is -2.01. The maximum atomic E-state index is 13.7. The maximum Gasteiger partial charge on any atom is 0.423 e. The SMILES string of the molecule is CN1c2ccccc2C(O)(C(F)(F)F)C1c1ccccc1. The quantitative estimate of drug-likeness (QED) is 0.868. The van der Waals surface area contributed by atoms with Gasteiger partial charge < -0.3 is 10.0 Å². The van der Waals surface area contributed by atoms with Crippen LogP contribution < -0.4 is 4.90 Å². The van der Waals surface area contributed by atoms with Crippen molar-refractivity contribution in [2.24, 2.45) is 0 Å². The molecule has 0 saturated heterocycles. The van der Waals surface area contributed by atoms with Crippen LogP contribution in [0.5, 0.6) is 0 Å². The molecule has 2 aromatic carbocycles. The van der Waals surface area contributed by atoms with Gasteiger partial charge in [-0.25, -0.2) is 0 Å². The molecule has 1 N–H and O–H groups in total. The zero-order valence-corrected chi connectivity index (χ0v) is 11.3. The molecule has 1 aliphatic rings. The highest BCUT2D eigenvalue weighted by atomic mass is 19.4. The molecule has 2 aromatic rings. The summed E-state index contributed by atoms with van der Waals surface area (Å²) in [5.74, 6) is 0. The lowest BCUT2D eigenvalue weighted by molar-refractivity contribution is -0.272. The lowest BCUT2D eigenvalue weighted by atomic mass is 9.85. The third kappa shape index (κ3) is 1.84. The predicted octanol–water partition coefficient (Wildman–Crippen LogP) is 3.63. The average Bonchev–Trinajstić information content (AvgIpc) is 2.70. The van der Waals surface area contributed by atoms with E-state index in [0.717, 1.165) is 0 Å². The number of fused-ring (bicyclic) bond motifs is 1. The molecule has 0 aromatic heterocycles. The minimum absolute atomic E-state index is 0.103. The molecule has 0 radical (unpaired) electrons. The Kier molecular flexibility index (Phi) is 2.99. The van der Waals surface area contributed by atoms with E-state index in [-0.39, 0.29) is 5.56 Å². The van der Waals surface area contributed by atoms with E-state index >= 15 is 0 Å². The number of para-hydroxylation sites is 1. The highest BCUT2D eigenvalue weighted by Crippen LogP contribution is 2.57. The summed E-state index contributed by atoms with van der Waals surface area (Å²) in [6.45, 7) is 0. The molecule has 3 rings (SSSR count). The molecule has 0 fully saturated rings. The zero-order valence-electron chi connectivity index (χ0n) is 11.3. The normalized spacial score (nSPS) is 25.0. The fraction of sp³-hybridized carbons (Fsp3) is 0.250. The molecule has 2 unspecified atom stereocenters. The summed E-state index contributed by atoms with van der Waals surface area (Å²) in [5.41, 5.74) is -2.20. The Balaban J connectivity index is 2.25. The van der Waals surface area contributed by atoms with E-state index in [1.165, 1.54) is 17.0 Å². The molecule has 21 heavy (non-hydrogen) atoms. The van der Waals surface area contributed by atoms with E-state index in [9.17, 15) is 18.3 Å². The summed E-state index contributed by atoms with van der Waals surface area (Å²) in [4.78, 5) is 1.48. The van der Waals surface area contributed by atoms with Crippen molar-refractivity contribution in [3.63, 3.8) is 0 Å². The monoisotopic (exact) mass is 293 g/mol. The van der Waals surface area contributed by atoms with Crippen LogP contribution in [-0.4, -0.2) is 18.3 Å². The van der Waals surface area contributed by atoms with Crippen molar-refractivity contribution in [3.8, 4) is 0 Å². The molecular weight excluding hydrogens is 279 g/mol. The molecule has 110 valence electrons. The molecule has 1 aliphatic heterocycles. The number of benzene rings is 2. The number of rotatable bonds is 1. The van der Waals surface area contributed by atoms with Gasteiger partial charge in [0.1, 0.15) is 0 Å². The van der Waals surface area contributed by atoms with Crippen molar-refractivity contribution in [3.05, 3.63) is 65.7 Å². The standard InChI is InChI=1S/C16H14F3NO/c1-20-13-10-6-5-9-12(13)15(21,16(17,18)19)14(20)11-7-3-2-4-8-11/h2-10,14,21H,1H3. The van der Waals surface area contributed by atoms with Gasteiger partial charge in [0.25, 0.3) is 0 Å². The molecule has 2 nitrogen and oxygen atoms in total. The van der Waals surface area contributed by atoms with Gasteiger partial charge >= 0.3 is 6.18 Å². The minimum atomic E-state index is -4.77. The van der Waals surface area contributed by atoms with Gasteiger partial charge in [0.05, 0.1) is 6.04 Å². The van der Waals surface area contributed by atoms with E-state index in [4.69, 9.17) is 0 Å². The van der Waals surface area contributed by atoms with Crippen molar-refractivity contribution < 1.29 is 18.3 Å². The first-order valence-corrected chi connectivity index (χ1v) is 6.53. The van der Waals surface area contributed by atoms with Gasteiger partial charge in [-0.05, 0) is 11.6 Å². The second-order valence-electron chi connectivity index (χ2n) is 5.21. The number of halogens is 3. The van der Waals surface area contributed by atoms with Crippen molar-refractivity contribution in [2.45, 2.75) is 17.8 Å². The van der Waals surface area contributed by atoms with Crippen LogP contribution in [0, 0.1) is 0 Å². The van der Waals surface area contributed by atoms with Gasteiger partial charge in [0.2, 0.25) is 5.60 Å². The first-order valence-electron chi connectivity index (χ1n) is 6.53. The highest BCUT2D eigenvalue weighted by Gasteiger charge is 2.65. The Bertz CT molecular complexity index is 656. The molecule has 0 bridgehead atoms. The molecule has 0 saturated carbocycles. The van der Waals surface area contributed by atoms with Gasteiger partial charge in [-0.1, -0.05) is 48.5 Å². The van der Waals surface area contributed by atoms with Crippen LogP contribution in [0.4, 0.5) is 18.9 Å². The molecule has 5 heteroatoms. The lowest BCUT2D eigenvalue weighted by Gasteiger charge is -2.35. The van der Waals surface area contributed by atoms with Crippen LogP contribution in [0.1, 0.15) is 17.2 Å².